The summed E-state index contributed by atoms with van der Waals surface area (Å²) in [5, 5.41) is 0. The molecule has 1 unspecified atom stereocenters. The molecule has 1 aromatic rings. The maximum atomic E-state index is 6.09. The number of benzene rings is 1. The molecule has 19 heavy (non-hydrogen) atoms. The molecule has 1 aliphatic rings. The lowest BCUT2D eigenvalue weighted by Crippen LogP contribution is -2.33. The zero-order chi connectivity index (χ0) is 13.9. The van der Waals surface area contributed by atoms with Crippen LogP contribution in [0.1, 0.15) is 6.42 Å². The molecule has 1 heterocycles. The van der Waals surface area contributed by atoms with Crippen LogP contribution in [-0.4, -0.2) is 50.4 Å². The molecule has 0 spiro atoms. The minimum atomic E-state index is 0.306. The van der Waals surface area contributed by atoms with Gasteiger partial charge in [0.05, 0.1) is 26.8 Å². The van der Waals surface area contributed by atoms with Gasteiger partial charge < -0.3 is 15.4 Å². The van der Waals surface area contributed by atoms with Crippen LogP contribution in [0.15, 0.2) is 24.3 Å². The molecule has 0 saturated carbocycles. The summed E-state index contributed by atoms with van der Waals surface area (Å²) in [6.07, 6.45) is 1.38. The van der Waals surface area contributed by atoms with Gasteiger partial charge in [0.1, 0.15) is 6.54 Å². The van der Waals surface area contributed by atoms with Crippen molar-refractivity contribution in [3.63, 3.8) is 0 Å². The summed E-state index contributed by atoms with van der Waals surface area (Å²) in [6.45, 7) is 3.50. The van der Waals surface area contributed by atoms with Crippen molar-refractivity contribution < 1.29 is 8.74 Å². The zero-order valence-electron chi connectivity index (χ0n) is 11.7. The van der Waals surface area contributed by atoms with E-state index in [4.69, 9.17) is 22.2 Å². The molecular formula is C14H23ClN3O+. The lowest BCUT2D eigenvalue weighted by atomic mass is 10.2. The molecule has 2 N–H and O–H groups in total. The molecule has 1 aliphatic heterocycles. The monoisotopic (exact) mass is 284 g/mol. The van der Waals surface area contributed by atoms with Gasteiger partial charge in [-0.05, 0) is 30.7 Å². The topological polar surface area (TPSA) is 38.5 Å². The molecule has 1 aromatic carbocycles. The Morgan fingerprint density at radius 1 is 1.37 bits per heavy atom. The summed E-state index contributed by atoms with van der Waals surface area (Å²) < 4.78 is 6.31. The number of nitrogens with zero attached hydrogens (tertiary/aromatic N) is 2. The Bertz CT molecular complexity index is 402. The number of nitrogens with two attached hydrogens (primary N) is 1. The predicted octanol–water partition coefficient (Wildman–Crippen LogP) is 2.09. The van der Waals surface area contributed by atoms with Crippen molar-refractivity contribution in [1.29, 1.82) is 0 Å². The molecule has 4 nitrogen and oxygen atoms in total. The van der Waals surface area contributed by atoms with Gasteiger partial charge in [-0.1, -0.05) is 0 Å². The lowest BCUT2D eigenvalue weighted by molar-refractivity contribution is -0.772. The normalized spacial score (nSPS) is 19.9. The van der Waals surface area contributed by atoms with Gasteiger partial charge in [-0.2, -0.15) is 0 Å². The molecule has 0 aliphatic carbocycles. The van der Waals surface area contributed by atoms with Crippen molar-refractivity contribution in [3.05, 3.63) is 24.3 Å². The number of ether oxygens (including phenoxy) is 1. The minimum Gasteiger partial charge on any atom is -0.399 e. The van der Waals surface area contributed by atoms with E-state index in [9.17, 15) is 0 Å². The Morgan fingerprint density at radius 2 is 2.05 bits per heavy atom. The SMILES string of the molecule is C[N+](C)(Cl)CCOC1CCN(c2ccc(N)cc2)C1. The number of hydrogen-bond donors (Lipinski definition) is 1. The van der Waals surface area contributed by atoms with E-state index in [0.717, 1.165) is 31.7 Å². The fourth-order valence-corrected chi connectivity index (χ4v) is 2.29. The van der Waals surface area contributed by atoms with Crippen molar-refractivity contribution >= 4 is 23.2 Å². The summed E-state index contributed by atoms with van der Waals surface area (Å²) in [6, 6.07) is 8.01. The van der Waals surface area contributed by atoms with Crippen molar-refractivity contribution in [3.8, 4) is 0 Å². The van der Waals surface area contributed by atoms with E-state index in [1.165, 1.54) is 5.69 Å². The van der Waals surface area contributed by atoms with Crippen LogP contribution in [0.4, 0.5) is 11.4 Å². The van der Waals surface area contributed by atoms with Crippen molar-refractivity contribution in [1.82, 2.24) is 0 Å². The largest absolute Gasteiger partial charge is 0.399 e. The standard InChI is InChI=1S/C14H23ClN3O/c1-18(2,15)9-10-19-14-7-8-17(11-14)13-5-3-12(16)4-6-13/h3-6,14H,7-11,16H2,1-2H3/q+1. The van der Waals surface area contributed by atoms with Gasteiger partial charge >= 0.3 is 0 Å². The maximum Gasteiger partial charge on any atom is 0.164 e. The Labute approximate surface area is 120 Å². The first-order valence-corrected chi connectivity index (χ1v) is 7.02. The second-order valence-corrected chi connectivity index (χ2v) is 6.50. The molecular weight excluding hydrogens is 262 g/mol. The highest BCUT2D eigenvalue weighted by Gasteiger charge is 2.24. The third-order valence-electron chi connectivity index (χ3n) is 3.38. The van der Waals surface area contributed by atoms with Gasteiger partial charge in [-0.3, -0.25) is 0 Å². The summed E-state index contributed by atoms with van der Waals surface area (Å²) in [4.78, 5) is 2.34. The maximum absolute atomic E-state index is 6.09. The van der Waals surface area contributed by atoms with Gasteiger partial charge in [0.15, 0.2) is 11.8 Å². The average molecular weight is 285 g/mol. The molecule has 0 aromatic heterocycles. The van der Waals surface area contributed by atoms with E-state index in [1.807, 2.05) is 26.2 Å². The third kappa shape index (κ3) is 4.56. The summed E-state index contributed by atoms with van der Waals surface area (Å²) >= 11 is 6.09. The van der Waals surface area contributed by atoms with E-state index in [-0.39, 0.29) is 0 Å². The number of halogens is 1. The first-order valence-electron chi connectivity index (χ1n) is 6.69. The zero-order valence-corrected chi connectivity index (χ0v) is 12.4. The van der Waals surface area contributed by atoms with E-state index < -0.39 is 0 Å². The molecule has 1 atom stereocenters. The highest BCUT2D eigenvalue weighted by molar-refractivity contribution is 6.06. The van der Waals surface area contributed by atoms with E-state index in [0.29, 0.717) is 16.7 Å². The number of hydrogen-bond acceptors (Lipinski definition) is 3. The van der Waals surface area contributed by atoms with Gasteiger partial charge in [0.2, 0.25) is 0 Å². The molecule has 1 saturated heterocycles. The summed E-state index contributed by atoms with van der Waals surface area (Å²) in [5.74, 6) is 0. The minimum absolute atomic E-state index is 0.306. The van der Waals surface area contributed by atoms with Crippen LogP contribution in [0.3, 0.4) is 0 Å². The molecule has 0 bridgehead atoms. The number of quaternary nitrogens is 1. The predicted molar refractivity (Wildman–Crippen MR) is 80.3 cm³/mol. The summed E-state index contributed by atoms with van der Waals surface area (Å²) in [5.41, 5.74) is 7.72. The smallest absolute Gasteiger partial charge is 0.164 e. The van der Waals surface area contributed by atoms with Gasteiger partial charge in [0, 0.05) is 24.5 Å². The molecule has 2 rings (SSSR count). The van der Waals surface area contributed by atoms with Gasteiger partial charge in [0.25, 0.3) is 0 Å². The highest BCUT2D eigenvalue weighted by Crippen LogP contribution is 2.22. The Morgan fingerprint density at radius 3 is 2.68 bits per heavy atom. The highest BCUT2D eigenvalue weighted by atomic mass is 35.5. The number of nitrogen functional groups attached to an aromatic ring is 1. The van der Waals surface area contributed by atoms with Gasteiger partial charge in [-0.15, -0.1) is 0 Å². The van der Waals surface area contributed by atoms with E-state index in [2.05, 4.69) is 17.0 Å². The lowest BCUT2D eigenvalue weighted by Gasteiger charge is -2.21. The number of rotatable bonds is 5. The van der Waals surface area contributed by atoms with Crippen LogP contribution in [-0.2, 0) is 4.74 Å². The first-order chi connectivity index (χ1) is 8.94. The molecule has 106 valence electrons. The van der Waals surface area contributed by atoms with Crippen LogP contribution in [0.5, 0.6) is 0 Å². The third-order valence-corrected chi connectivity index (χ3v) is 3.55. The first kappa shape index (κ1) is 14.4. The van der Waals surface area contributed by atoms with Crippen LogP contribution in [0.25, 0.3) is 0 Å². The fraction of sp³-hybridized carbons (Fsp3) is 0.571. The fourth-order valence-electron chi connectivity index (χ4n) is 2.22. The second-order valence-electron chi connectivity index (χ2n) is 5.58. The number of anilines is 2. The molecule has 5 heteroatoms. The van der Waals surface area contributed by atoms with Crippen molar-refractivity contribution in [2.75, 3.05) is 51.0 Å². The number of likely N-dealkylation sites (N-methyl/N-ethyl adjacent to an activating group) is 1. The van der Waals surface area contributed by atoms with Gasteiger partial charge in [-0.25, -0.2) is 4.00 Å². The van der Waals surface area contributed by atoms with E-state index in [1.54, 1.807) is 0 Å². The van der Waals surface area contributed by atoms with Crippen LogP contribution in [0, 0.1) is 0 Å². The molecule has 0 amide bonds. The molecule has 1 fully saturated rings. The van der Waals surface area contributed by atoms with Crippen LogP contribution in [0.2, 0.25) is 0 Å². The second kappa shape index (κ2) is 5.99. The van der Waals surface area contributed by atoms with Crippen molar-refractivity contribution in [2.45, 2.75) is 12.5 Å². The Balaban J connectivity index is 1.78. The van der Waals surface area contributed by atoms with E-state index >= 15 is 0 Å². The summed E-state index contributed by atoms with van der Waals surface area (Å²) in [7, 11) is 3.92. The van der Waals surface area contributed by atoms with Crippen molar-refractivity contribution in [2.24, 2.45) is 0 Å². The molecule has 0 radical (unpaired) electrons. The van der Waals surface area contributed by atoms with Crippen LogP contribution >= 0.6 is 11.8 Å². The Kier molecular flexibility index (Phi) is 4.55. The average Bonchev–Trinajstić information content (AvgIpc) is 2.77. The Hall–Kier alpha value is -0.970. The van der Waals surface area contributed by atoms with Crippen LogP contribution < -0.4 is 10.6 Å². The quantitative estimate of drug-likeness (QED) is 0.665.